The van der Waals surface area contributed by atoms with E-state index in [2.05, 4.69) is 25.4 Å². The summed E-state index contributed by atoms with van der Waals surface area (Å²) >= 11 is 2.80. The van der Waals surface area contributed by atoms with Gasteiger partial charge in [-0.3, -0.25) is 0 Å². The van der Waals surface area contributed by atoms with Gasteiger partial charge in [0.2, 0.25) is 0 Å². The van der Waals surface area contributed by atoms with Gasteiger partial charge in [-0.15, -0.1) is 0 Å². The number of alkyl halides is 3. The molecule has 142 valence electrons. The van der Waals surface area contributed by atoms with Crippen molar-refractivity contribution in [3.8, 4) is 0 Å². The van der Waals surface area contributed by atoms with Crippen molar-refractivity contribution in [2.45, 2.75) is 6.18 Å². The van der Waals surface area contributed by atoms with Crippen molar-refractivity contribution in [2.75, 3.05) is 32.5 Å². The van der Waals surface area contributed by atoms with E-state index in [9.17, 15) is 27.2 Å². The highest BCUT2D eigenvalue weighted by atomic mass is 79.9. The Morgan fingerprint density at radius 1 is 1.19 bits per heavy atom. The first kappa shape index (κ1) is 20.2. The summed E-state index contributed by atoms with van der Waals surface area (Å²) in [6, 6.07) is 1.45. The van der Waals surface area contributed by atoms with Crippen LogP contribution in [0.4, 0.5) is 23.2 Å². The number of ether oxygens (including phenoxy) is 3. The number of carbonyl (C=O) groups is 2. The molecule has 1 aliphatic heterocycles. The molecule has 0 atom stereocenters. The Morgan fingerprint density at radius 3 is 2.35 bits per heavy atom. The molecule has 2 rings (SSSR count). The number of benzene rings is 1. The molecule has 1 aromatic carbocycles. The molecule has 0 aliphatic carbocycles. The highest BCUT2D eigenvalue weighted by Gasteiger charge is 2.41. The van der Waals surface area contributed by atoms with Crippen LogP contribution < -0.4 is 4.90 Å². The van der Waals surface area contributed by atoms with Gasteiger partial charge in [0.25, 0.3) is 0 Å². The summed E-state index contributed by atoms with van der Waals surface area (Å²) in [6.45, 7) is -1.01. The maximum absolute atomic E-state index is 14.5. The van der Waals surface area contributed by atoms with Gasteiger partial charge in [-0.2, -0.15) is 13.2 Å². The van der Waals surface area contributed by atoms with Crippen molar-refractivity contribution in [2.24, 2.45) is 0 Å². The number of carbonyl (C=O) groups excluding carboxylic acids is 2. The molecule has 11 heteroatoms. The lowest BCUT2D eigenvalue weighted by Gasteiger charge is -2.33. The summed E-state index contributed by atoms with van der Waals surface area (Å²) in [7, 11) is 1.99. The fourth-order valence-corrected chi connectivity index (χ4v) is 2.81. The number of hydrogen-bond donors (Lipinski definition) is 0. The summed E-state index contributed by atoms with van der Waals surface area (Å²) < 4.78 is 68.7. The number of rotatable bonds is 3. The molecule has 0 bridgehead atoms. The third-order valence-corrected chi connectivity index (χ3v) is 3.89. The van der Waals surface area contributed by atoms with E-state index in [0.29, 0.717) is 11.0 Å². The standard InChI is InChI=1S/C15H12BrF4NO5/c1-24-13(22)8-5-26-6-21(11(8)14(23)25-2)12-9(15(18,19)20)3-7(16)4-10(12)17/h3-4H,5-6H2,1-2H3. The minimum atomic E-state index is -4.94. The van der Waals surface area contributed by atoms with Crippen LogP contribution in [0.2, 0.25) is 0 Å². The summed E-state index contributed by atoms with van der Waals surface area (Å²) in [5, 5.41) is 0. The third kappa shape index (κ3) is 3.83. The van der Waals surface area contributed by atoms with E-state index in [-0.39, 0.29) is 10.0 Å². The van der Waals surface area contributed by atoms with Crippen LogP contribution in [0.1, 0.15) is 5.56 Å². The summed E-state index contributed by atoms with van der Waals surface area (Å²) in [4.78, 5) is 24.6. The van der Waals surface area contributed by atoms with E-state index in [1.165, 1.54) is 0 Å². The van der Waals surface area contributed by atoms with E-state index in [1.807, 2.05) is 0 Å². The largest absolute Gasteiger partial charge is 0.466 e. The van der Waals surface area contributed by atoms with E-state index >= 15 is 0 Å². The van der Waals surface area contributed by atoms with Crippen molar-refractivity contribution in [3.05, 3.63) is 39.3 Å². The summed E-state index contributed by atoms with van der Waals surface area (Å²) in [5.74, 6) is -3.42. The Bertz CT molecular complexity index is 778. The van der Waals surface area contributed by atoms with Crippen LogP contribution in [0.3, 0.4) is 0 Å². The molecule has 0 aromatic heterocycles. The minimum Gasteiger partial charge on any atom is -0.466 e. The first-order valence-corrected chi connectivity index (χ1v) is 7.72. The monoisotopic (exact) mass is 441 g/mol. The highest BCUT2D eigenvalue weighted by Crippen LogP contribution is 2.42. The second-order valence-electron chi connectivity index (χ2n) is 5.00. The molecule has 0 N–H and O–H groups in total. The number of anilines is 1. The van der Waals surface area contributed by atoms with Crippen molar-refractivity contribution in [1.82, 2.24) is 0 Å². The van der Waals surface area contributed by atoms with E-state index in [4.69, 9.17) is 4.74 Å². The molecule has 1 aliphatic rings. The lowest BCUT2D eigenvalue weighted by Crippen LogP contribution is -2.40. The van der Waals surface area contributed by atoms with Crippen LogP contribution in [0, 0.1) is 5.82 Å². The van der Waals surface area contributed by atoms with E-state index < -0.39 is 54.2 Å². The molecule has 0 saturated heterocycles. The number of halogens is 5. The van der Waals surface area contributed by atoms with Crippen molar-refractivity contribution in [3.63, 3.8) is 0 Å². The van der Waals surface area contributed by atoms with Crippen molar-refractivity contribution in [1.29, 1.82) is 0 Å². The van der Waals surface area contributed by atoms with Crippen LogP contribution in [-0.4, -0.2) is 39.5 Å². The number of hydrogen-bond acceptors (Lipinski definition) is 6. The predicted octanol–water partition coefficient (Wildman–Crippen LogP) is 3.00. The molecule has 0 spiro atoms. The zero-order chi connectivity index (χ0) is 19.6. The second-order valence-corrected chi connectivity index (χ2v) is 5.91. The maximum Gasteiger partial charge on any atom is 0.418 e. The molecule has 6 nitrogen and oxygen atoms in total. The van der Waals surface area contributed by atoms with E-state index in [1.54, 1.807) is 0 Å². The van der Waals surface area contributed by atoms with Gasteiger partial charge in [0, 0.05) is 4.47 Å². The van der Waals surface area contributed by atoms with Gasteiger partial charge in [0.05, 0.1) is 37.7 Å². The fourth-order valence-electron chi connectivity index (χ4n) is 2.38. The molecule has 0 saturated carbocycles. The molecule has 1 heterocycles. The Labute approximate surface area is 153 Å². The first-order valence-electron chi connectivity index (χ1n) is 6.93. The van der Waals surface area contributed by atoms with Gasteiger partial charge in [0.1, 0.15) is 18.2 Å². The van der Waals surface area contributed by atoms with Gasteiger partial charge < -0.3 is 19.1 Å². The Balaban J connectivity index is 2.77. The van der Waals surface area contributed by atoms with Gasteiger partial charge in [-0.05, 0) is 12.1 Å². The molecular weight excluding hydrogens is 430 g/mol. The smallest absolute Gasteiger partial charge is 0.418 e. The SMILES string of the molecule is COC(=O)C1=C(C(=O)OC)N(c2c(F)cc(Br)cc2C(F)(F)F)COC1. The molecule has 0 radical (unpaired) electrons. The quantitative estimate of drug-likeness (QED) is 0.530. The van der Waals surface area contributed by atoms with Gasteiger partial charge >= 0.3 is 18.1 Å². The van der Waals surface area contributed by atoms with Crippen LogP contribution in [0.25, 0.3) is 0 Å². The summed E-state index contributed by atoms with van der Waals surface area (Å²) in [6.07, 6.45) is -4.94. The molecule has 1 aromatic rings. The second kappa shape index (κ2) is 7.62. The van der Waals surface area contributed by atoms with Crippen LogP contribution in [0.5, 0.6) is 0 Å². The maximum atomic E-state index is 14.5. The molecule has 0 amide bonds. The number of methoxy groups -OCH3 is 2. The molecule has 0 unspecified atom stereocenters. The molecule has 0 fully saturated rings. The highest BCUT2D eigenvalue weighted by molar-refractivity contribution is 9.10. The van der Waals surface area contributed by atoms with Crippen LogP contribution in [-0.2, 0) is 30.0 Å². The fraction of sp³-hybridized carbons (Fsp3) is 0.333. The zero-order valence-corrected chi connectivity index (χ0v) is 15.0. The lowest BCUT2D eigenvalue weighted by atomic mass is 10.1. The van der Waals surface area contributed by atoms with Gasteiger partial charge in [0.15, 0.2) is 0 Å². The summed E-state index contributed by atoms with van der Waals surface area (Å²) in [5.41, 5.74) is -3.30. The lowest BCUT2D eigenvalue weighted by molar-refractivity contribution is -0.141. The first-order chi connectivity index (χ1) is 12.1. The predicted molar refractivity (Wildman–Crippen MR) is 83.5 cm³/mol. The molecular formula is C15H12BrF4NO5. The molecule has 26 heavy (non-hydrogen) atoms. The number of esters is 2. The minimum absolute atomic E-state index is 0.152. The van der Waals surface area contributed by atoms with Gasteiger partial charge in [-0.1, -0.05) is 15.9 Å². The van der Waals surface area contributed by atoms with Crippen molar-refractivity contribution < 1.29 is 41.4 Å². The van der Waals surface area contributed by atoms with Crippen LogP contribution >= 0.6 is 15.9 Å². The van der Waals surface area contributed by atoms with Crippen LogP contribution in [0.15, 0.2) is 27.9 Å². The Hall–Kier alpha value is -2.14. The Morgan fingerprint density at radius 2 is 1.81 bits per heavy atom. The van der Waals surface area contributed by atoms with Gasteiger partial charge in [-0.25, -0.2) is 14.0 Å². The zero-order valence-electron chi connectivity index (χ0n) is 13.4. The topological polar surface area (TPSA) is 65.1 Å². The average molecular weight is 442 g/mol. The van der Waals surface area contributed by atoms with E-state index in [0.717, 1.165) is 20.3 Å². The number of nitrogens with zero attached hydrogens (tertiary/aromatic N) is 1. The average Bonchev–Trinajstić information content (AvgIpc) is 2.58. The third-order valence-electron chi connectivity index (χ3n) is 3.44. The normalized spacial score (nSPS) is 15.1. The Kier molecular flexibility index (Phi) is 5.91. The van der Waals surface area contributed by atoms with Crippen molar-refractivity contribution >= 4 is 33.6 Å².